The predicted molar refractivity (Wildman–Crippen MR) is 73.7 cm³/mol. The minimum absolute atomic E-state index is 0.130. The molecule has 2 rings (SSSR count). The van der Waals surface area contributed by atoms with Crippen LogP contribution in [0.1, 0.15) is 49.6 Å². The highest BCUT2D eigenvalue weighted by molar-refractivity contribution is 9.10. The summed E-state index contributed by atoms with van der Waals surface area (Å²) in [4.78, 5) is 12.1. The minimum atomic E-state index is -0.678. The molecule has 100 valence electrons. The molecule has 1 aliphatic rings. The van der Waals surface area contributed by atoms with Gasteiger partial charge < -0.3 is 15.0 Å². The second-order valence-electron chi connectivity index (χ2n) is 5.31. The summed E-state index contributed by atoms with van der Waals surface area (Å²) in [6, 6.07) is 2.03. The van der Waals surface area contributed by atoms with E-state index in [9.17, 15) is 9.90 Å². The van der Waals surface area contributed by atoms with Crippen molar-refractivity contribution in [2.75, 3.05) is 6.54 Å². The number of carbonyl (C=O) groups excluding carboxylic acids is 1. The van der Waals surface area contributed by atoms with E-state index >= 15 is 0 Å². The molecule has 0 unspecified atom stereocenters. The Morgan fingerprint density at radius 1 is 1.61 bits per heavy atom. The zero-order valence-electron chi connectivity index (χ0n) is 10.7. The molecule has 1 saturated carbocycles. The number of aromatic nitrogens is 1. The lowest BCUT2D eigenvalue weighted by molar-refractivity contribution is -0.0301. The van der Waals surface area contributed by atoms with Crippen LogP contribution in [0.5, 0.6) is 0 Å². The number of nitrogens with zero attached hydrogens (tertiary/aromatic N) is 1. The molecule has 0 atom stereocenters. The van der Waals surface area contributed by atoms with Crippen molar-refractivity contribution < 1.29 is 9.90 Å². The summed E-state index contributed by atoms with van der Waals surface area (Å²) in [5.74, 6) is -0.130. The van der Waals surface area contributed by atoms with Gasteiger partial charge in [0.2, 0.25) is 0 Å². The van der Waals surface area contributed by atoms with Gasteiger partial charge in [0.05, 0.1) is 5.60 Å². The fourth-order valence-corrected chi connectivity index (χ4v) is 2.59. The zero-order chi connectivity index (χ0) is 13.3. The maximum Gasteiger partial charge on any atom is 0.268 e. The van der Waals surface area contributed by atoms with Crippen molar-refractivity contribution in [3.63, 3.8) is 0 Å². The molecule has 1 fully saturated rings. The number of hydrogen-bond donors (Lipinski definition) is 2. The number of halogens is 1. The Kier molecular flexibility index (Phi) is 3.82. The molecule has 1 aromatic heterocycles. The molecule has 0 saturated heterocycles. The van der Waals surface area contributed by atoms with Gasteiger partial charge in [-0.15, -0.1) is 0 Å². The van der Waals surface area contributed by atoms with E-state index in [0.29, 0.717) is 12.2 Å². The van der Waals surface area contributed by atoms with Crippen molar-refractivity contribution in [3.05, 3.63) is 22.4 Å². The number of carbonyl (C=O) groups is 1. The summed E-state index contributed by atoms with van der Waals surface area (Å²) >= 11 is 3.38. The number of hydrogen-bond acceptors (Lipinski definition) is 2. The summed E-state index contributed by atoms with van der Waals surface area (Å²) in [5, 5.41) is 12.8. The number of aliphatic hydroxyl groups is 1. The van der Waals surface area contributed by atoms with E-state index in [4.69, 9.17) is 0 Å². The van der Waals surface area contributed by atoms with Crippen molar-refractivity contribution in [2.24, 2.45) is 0 Å². The highest BCUT2D eigenvalue weighted by Crippen LogP contribution is 2.30. The first kappa shape index (κ1) is 13.6. The molecular weight excluding hydrogens is 296 g/mol. The Labute approximate surface area is 116 Å². The Morgan fingerprint density at radius 2 is 2.28 bits per heavy atom. The van der Waals surface area contributed by atoms with Crippen molar-refractivity contribution in [1.82, 2.24) is 9.88 Å². The van der Waals surface area contributed by atoms with Gasteiger partial charge in [-0.3, -0.25) is 4.79 Å². The monoisotopic (exact) mass is 314 g/mol. The Bertz CT molecular complexity index is 450. The third-order valence-electron chi connectivity index (χ3n) is 3.47. The first-order valence-corrected chi connectivity index (χ1v) is 7.08. The molecule has 1 heterocycles. The molecule has 5 heteroatoms. The molecule has 18 heavy (non-hydrogen) atoms. The Balaban J connectivity index is 2.04. The van der Waals surface area contributed by atoms with Crippen molar-refractivity contribution >= 4 is 21.8 Å². The van der Waals surface area contributed by atoms with Crippen molar-refractivity contribution in [1.29, 1.82) is 0 Å². The standard InChI is InChI=1S/C13H19BrN2O2/c1-9(2)16-7-10(14)6-11(16)12(17)15-8-13(18)4-3-5-13/h6-7,9,18H,3-5,8H2,1-2H3,(H,15,17). The number of rotatable bonds is 4. The Morgan fingerprint density at radius 3 is 2.78 bits per heavy atom. The molecule has 0 aromatic carbocycles. The van der Waals surface area contributed by atoms with Gasteiger partial charge in [-0.05, 0) is 55.1 Å². The van der Waals surface area contributed by atoms with Gasteiger partial charge in [-0.1, -0.05) is 0 Å². The summed E-state index contributed by atoms with van der Waals surface area (Å²) in [7, 11) is 0. The minimum Gasteiger partial charge on any atom is -0.388 e. The molecule has 0 bridgehead atoms. The fraction of sp³-hybridized carbons (Fsp3) is 0.615. The van der Waals surface area contributed by atoms with Crippen LogP contribution in [0.2, 0.25) is 0 Å². The average molecular weight is 315 g/mol. The van der Waals surface area contributed by atoms with E-state index in [1.807, 2.05) is 24.6 Å². The highest BCUT2D eigenvalue weighted by atomic mass is 79.9. The lowest BCUT2D eigenvalue weighted by atomic mass is 9.80. The van der Waals surface area contributed by atoms with Crippen LogP contribution in [0.25, 0.3) is 0 Å². The van der Waals surface area contributed by atoms with Gasteiger partial charge >= 0.3 is 0 Å². The van der Waals surface area contributed by atoms with Crippen molar-refractivity contribution in [2.45, 2.75) is 44.8 Å². The average Bonchev–Trinajstić information content (AvgIpc) is 2.66. The number of amides is 1. The molecule has 1 amide bonds. The van der Waals surface area contributed by atoms with Crippen LogP contribution in [-0.2, 0) is 0 Å². The summed E-state index contributed by atoms with van der Waals surface area (Å²) in [5.41, 5.74) is -0.0536. The maximum atomic E-state index is 12.1. The summed E-state index contributed by atoms with van der Waals surface area (Å²) in [6.07, 6.45) is 4.50. The molecule has 0 aliphatic heterocycles. The van der Waals surface area contributed by atoms with Crippen LogP contribution >= 0.6 is 15.9 Å². The second kappa shape index (κ2) is 5.05. The van der Waals surface area contributed by atoms with E-state index in [1.54, 1.807) is 6.07 Å². The van der Waals surface area contributed by atoms with Crippen molar-refractivity contribution in [3.8, 4) is 0 Å². The van der Waals surface area contributed by atoms with Gasteiger partial charge in [0.1, 0.15) is 5.69 Å². The van der Waals surface area contributed by atoms with Gasteiger partial charge in [0, 0.05) is 23.3 Å². The van der Waals surface area contributed by atoms with Crippen LogP contribution in [0.15, 0.2) is 16.7 Å². The predicted octanol–water partition coefficient (Wildman–Crippen LogP) is 2.48. The van der Waals surface area contributed by atoms with Crippen LogP contribution in [0, 0.1) is 0 Å². The largest absolute Gasteiger partial charge is 0.388 e. The normalized spacial score (nSPS) is 17.6. The maximum absolute atomic E-state index is 12.1. The molecular formula is C13H19BrN2O2. The van der Waals surface area contributed by atoms with Crippen LogP contribution in [0.4, 0.5) is 0 Å². The van der Waals surface area contributed by atoms with E-state index in [-0.39, 0.29) is 11.9 Å². The topological polar surface area (TPSA) is 54.3 Å². The SMILES string of the molecule is CC(C)n1cc(Br)cc1C(=O)NCC1(O)CCC1. The second-order valence-corrected chi connectivity index (χ2v) is 6.22. The van der Waals surface area contributed by atoms with E-state index in [0.717, 1.165) is 23.7 Å². The molecule has 4 nitrogen and oxygen atoms in total. The molecule has 1 aromatic rings. The molecule has 1 aliphatic carbocycles. The van der Waals surface area contributed by atoms with E-state index in [1.165, 1.54) is 0 Å². The van der Waals surface area contributed by atoms with E-state index < -0.39 is 5.60 Å². The lowest BCUT2D eigenvalue weighted by Gasteiger charge is -2.36. The third-order valence-corrected chi connectivity index (χ3v) is 3.90. The first-order chi connectivity index (χ1) is 8.41. The first-order valence-electron chi connectivity index (χ1n) is 6.29. The molecule has 0 radical (unpaired) electrons. The lowest BCUT2D eigenvalue weighted by Crippen LogP contribution is -2.48. The highest BCUT2D eigenvalue weighted by Gasteiger charge is 2.34. The fourth-order valence-electron chi connectivity index (χ4n) is 2.15. The van der Waals surface area contributed by atoms with Gasteiger partial charge in [0.25, 0.3) is 5.91 Å². The van der Waals surface area contributed by atoms with Crippen LogP contribution in [-0.4, -0.2) is 27.7 Å². The molecule has 2 N–H and O–H groups in total. The van der Waals surface area contributed by atoms with Crippen LogP contribution in [0.3, 0.4) is 0 Å². The van der Waals surface area contributed by atoms with E-state index in [2.05, 4.69) is 21.2 Å². The van der Waals surface area contributed by atoms with Crippen LogP contribution < -0.4 is 5.32 Å². The number of nitrogens with one attached hydrogen (secondary N) is 1. The smallest absolute Gasteiger partial charge is 0.268 e. The van der Waals surface area contributed by atoms with Gasteiger partial charge in [-0.2, -0.15) is 0 Å². The Hall–Kier alpha value is -0.810. The quantitative estimate of drug-likeness (QED) is 0.897. The molecule has 0 spiro atoms. The third kappa shape index (κ3) is 2.78. The van der Waals surface area contributed by atoms with Gasteiger partial charge in [0.15, 0.2) is 0 Å². The zero-order valence-corrected chi connectivity index (χ0v) is 12.3. The summed E-state index contributed by atoms with van der Waals surface area (Å²) in [6.45, 7) is 4.40. The van der Waals surface area contributed by atoms with Gasteiger partial charge in [-0.25, -0.2) is 0 Å². The summed E-state index contributed by atoms with van der Waals surface area (Å²) < 4.78 is 2.81.